The quantitative estimate of drug-likeness (QED) is 0.833. The molecular formula is C23H31N2O3+. The Morgan fingerprint density at radius 3 is 2.29 bits per heavy atom. The van der Waals surface area contributed by atoms with Crippen LogP contribution in [0.1, 0.15) is 41.3 Å². The van der Waals surface area contributed by atoms with Gasteiger partial charge in [-0.3, -0.25) is 4.79 Å². The van der Waals surface area contributed by atoms with E-state index >= 15 is 0 Å². The number of hydrogen-bond acceptors (Lipinski definition) is 3. The fraction of sp³-hybridized carbons (Fsp3) is 0.435. The normalized spacial score (nSPS) is 15.0. The van der Waals surface area contributed by atoms with E-state index in [2.05, 4.69) is 26.0 Å². The summed E-state index contributed by atoms with van der Waals surface area (Å²) in [5.74, 6) is 2.34. The summed E-state index contributed by atoms with van der Waals surface area (Å²) in [6.07, 6.45) is 0. The van der Waals surface area contributed by atoms with Crippen molar-refractivity contribution in [2.75, 3.05) is 40.4 Å². The average Bonchev–Trinajstić information content (AvgIpc) is 2.73. The Morgan fingerprint density at radius 1 is 1.04 bits per heavy atom. The van der Waals surface area contributed by atoms with Gasteiger partial charge in [0.05, 0.1) is 46.0 Å². The number of ether oxygens (including phenoxy) is 2. The Hall–Kier alpha value is -2.53. The van der Waals surface area contributed by atoms with Gasteiger partial charge in [0.2, 0.25) is 0 Å². The summed E-state index contributed by atoms with van der Waals surface area (Å²) in [6.45, 7) is 8.59. The minimum Gasteiger partial charge on any atom is -0.497 e. The zero-order chi connectivity index (χ0) is 20.1. The highest BCUT2D eigenvalue weighted by Crippen LogP contribution is 2.23. The molecule has 0 unspecified atom stereocenters. The molecule has 1 fully saturated rings. The number of benzene rings is 2. The van der Waals surface area contributed by atoms with E-state index in [1.807, 2.05) is 35.2 Å². The highest BCUT2D eigenvalue weighted by atomic mass is 16.5. The third-order valence-electron chi connectivity index (χ3n) is 5.51. The van der Waals surface area contributed by atoms with E-state index in [0.29, 0.717) is 5.92 Å². The molecule has 2 aromatic rings. The summed E-state index contributed by atoms with van der Waals surface area (Å²) in [6, 6.07) is 14.0. The molecule has 2 aromatic carbocycles. The number of hydrogen-bond donors (Lipinski definition) is 1. The first-order valence-corrected chi connectivity index (χ1v) is 9.95. The van der Waals surface area contributed by atoms with Crippen LogP contribution in [0, 0.1) is 0 Å². The summed E-state index contributed by atoms with van der Waals surface area (Å²) in [5, 5.41) is 0. The van der Waals surface area contributed by atoms with Gasteiger partial charge in [-0.2, -0.15) is 0 Å². The van der Waals surface area contributed by atoms with Crippen LogP contribution in [0.5, 0.6) is 11.5 Å². The highest BCUT2D eigenvalue weighted by molar-refractivity contribution is 5.94. The van der Waals surface area contributed by atoms with Crippen LogP contribution in [0.3, 0.4) is 0 Å². The van der Waals surface area contributed by atoms with Gasteiger partial charge in [-0.05, 0) is 41.8 Å². The summed E-state index contributed by atoms with van der Waals surface area (Å²) < 4.78 is 10.8. The predicted octanol–water partition coefficient (Wildman–Crippen LogP) is 2.37. The fourth-order valence-corrected chi connectivity index (χ4v) is 3.69. The zero-order valence-electron chi connectivity index (χ0n) is 17.3. The lowest BCUT2D eigenvalue weighted by Crippen LogP contribution is -3.13. The van der Waals surface area contributed by atoms with E-state index in [1.54, 1.807) is 14.2 Å². The maximum Gasteiger partial charge on any atom is 0.254 e. The van der Waals surface area contributed by atoms with Crippen LogP contribution in [0.15, 0.2) is 42.5 Å². The first-order valence-electron chi connectivity index (χ1n) is 9.95. The SMILES string of the molecule is COc1ccc(OC)c(C[NH+]2CCN(C(=O)c3ccc(C(C)C)cc3)CC2)c1. The lowest BCUT2D eigenvalue weighted by atomic mass is 10.0. The molecule has 5 heteroatoms. The molecule has 0 aromatic heterocycles. The first kappa shape index (κ1) is 20.2. The van der Waals surface area contributed by atoms with Crippen molar-refractivity contribution >= 4 is 5.91 Å². The summed E-state index contributed by atoms with van der Waals surface area (Å²) >= 11 is 0. The van der Waals surface area contributed by atoms with Gasteiger partial charge < -0.3 is 19.3 Å². The molecule has 0 radical (unpaired) electrons. The number of piperazine rings is 1. The van der Waals surface area contributed by atoms with Crippen molar-refractivity contribution in [2.24, 2.45) is 0 Å². The molecule has 1 heterocycles. The number of carbonyl (C=O) groups excluding carboxylic acids is 1. The van der Waals surface area contributed by atoms with Crippen molar-refractivity contribution < 1.29 is 19.2 Å². The third kappa shape index (κ3) is 4.65. The highest BCUT2D eigenvalue weighted by Gasteiger charge is 2.25. The van der Waals surface area contributed by atoms with Gasteiger partial charge in [0.15, 0.2) is 0 Å². The second kappa shape index (κ2) is 9.11. The first-order chi connectivity index (χ1) is 13.5. The van der Waals surface area contributed by atoms with Crippen LogP contribution >= 0.6 is 0 Å². The van der Waals surface area contributed by atoms with E-state index in [1.165, 1.54) is 10.5 Å². The molecular weight excluding hydrogens is 352 g/mol. The molecule has 0 atom stereocenters. The van der Waals surface area contributed by atoms with Gasteiger partial charge in [0, 0.05) is 5.56 Å². The van der Waals surface area contributed by atoms with E-state index in [-0.39, 0.29) is 5.91 Å². The fourth-order valence-electron chi connectivity index (χ4n) is 3.69. The van der Waals surface area contributed by atoms with E-state index in [0.717, 1.165) is 55.3 Å². The van der Waals surface area contributed by atoms with Gasteiger partial charge in [-0.1, -0.05) is 26.0 Å². The number of methoxy groups -OCH3 is 2. The van der Waals surface area contributed by atoms with E-state index < -0.39 is 0 Å². The Labute approximate surface area is 167 Å². The van der Waals surface area contributed by atoms with Crippen LogP contribution in [-0.4, -0.2) is 51.2 Å². The Bertz CT molecular complexity index is 794. The lowest BCUT2D eigenvalue weighted by Gasteiger charge is -2.32. The number of rotatable bonds is 6. The molecule has 28 heavy (non-hydrogen) atoms. The molecule has 1 N–H and O–H groups in total. The Kier molecular flexibility index (Phi) is 6.57. The number of quaternary nitrogens is 1. The zero-order valence-corrected chi connectivity index (χ0v) is 17.3. The Balaban J connectivity index is 1.59. The molecule has 5 nitrogen and oxygen atoms in total. The standard InChI is InChI=1S/C23H30N2O3/c1-17(2)18-5-7-19(8-6-18)23(26)25-13-11-24(12-14-25)16-20-15-21(27-3)9-10-22(20)28-4/h5-10,15,17H,11-14,16H2,1-4H3/p+1. The molecule has 1 aliphatic heterocycles. The van der Waals surface area contributed by atoms with Gasteiger partial charge >= 0.3 is 0 Å². The number of nitrogens with one attached hydrogen (secondary N) is 1. The van der Waals surface area contributed by atoms with Gasteiger partial charge in [-0.25, -0.2) is 0 Å². The summed E-state index contributed by atoms with van der Waals surface area (Å²) in [4.78, 5) is 16.2. The van der Waals surface area contributed by atoms with Crippen LogP contribution in [-0.2, 0) is 6.54 Å². The van der Waals surface area contributed by atoms with Crippen molar-refractivity contribution in [2.45, 2.75) is 26.3 Å². The van der Waals surface area contributed by atoms with Gasteiger partial charge in [-0.15, -0.1) is 0 Å². The van der Waals surface area contributed by atoms with Gasteiger partial charge in [0.1, 0.15) is 18.0 Å². The maximum absolute atomic E-state index is 12.8. The van der Waals surface area contributed by atoms with Crippen molar-refractivity contribution in [3.8, 4) is 11.5 Å². The second-order valence-corrected chi connectivity index (χ2v) is 7.67. The molecule has 0 spiro atoms. The number of nitrogens with zero attached hydrogens (tertiary/aromatic N) is 1. The number of carbonyl (C=O) groups is 1. The molecule has 1 amide bonds. The largest absolute Gasteiger partial charge is 0.497 e. The van der Waals surface area contributed by atoms with Crippen LogP contribution in [0.25, 0.3) is 0 Å². The summed E-state index contributed by atoms with van der Waals surface area (Å²) in [7, 11) is 3.37. The molecule has 0 bridgehead atoms. The average molecular weight is 384 g/mol. The van der Waals surface area contributed by atoms with Crippen LogP contribution in [0.2, 0.25) is 0 Å². The van der Waals surface area contributed by atoms with Crippen molar-refractivity contribution in [1.82, 2.24) is 4.90 Å². The molecule has 0 aliphatic carbocycles. The number of amides is 1. The Morgan fingerprint density at radius 2 is 1.71 bits per heavy atom. The molecule has 150 valence electrons. The second-order valence-electron chi connectivity index (χ2n) is 7.67. The topological polar surface area (TPSA) is 43.2 Å². The minimum absolute atomic E-state index is 0.133. The van der Waals surface area contributed by atoms with Crippen LogP contribution in [0.4, 0.5) is 0 Å². The summed E-state index contributed by atoms with van der Waals surface area (Å²) in [5.41, 5.74) is 3.18. The smallest absolute Gasteiger partial charge is 0.254 e. The van der Waals surface area contributed by atoms with Crippen LogP contribution < -0.4 is 14.4 Å². The predicted molar refractivity (Wildman–Crippen MR) is 110 cm³/mol. The lowest BCUT2D eigenvalue weighted by molar-refractivity contribution is -0.917. The molecule has 1 saturated heterocycles. The van der Waals surface area contributed by atoms with Crippen molar-refractivity contribution in [3.05, 3.63) is 59.2 Å². The van der Waals surface area contributed by atoms with Crippen molar-refractivity contribution in [3.63, 3.8) is 0 Å². The molecule has 1 aliphatic rings. The third-order valence-corrected chi connectivity index (χ3v) is 5.51. The van der Waals surface area contributed by atoms with Crippen molar-refractivity contribution in [1.29, 1.82) is 0 Å². The van der Waals surface area contributed by atoms with E-state index in [4.69, 9.17) is 9.47 Å². The maximum atomic E-state index is 12.8. The minimum atomic E-state index is 0.133. The monoisotopic (exact) mass is 383 g/mol. The molecule has 0 saturated carbocycles. The van der Waals surface area contributed by atoms with Gasteiger partial charge in [0.25, 0.3) is 5.91 Å². The molecule has 3 rings (SSSR count). The van der Waals surface area contributed by atoms with E-state index in [9.17, 15) is 4.79 Å².